The number of carbonyl (C=O) groups excluding carboxylic acids is 3. The van der Waals surface area contributed by atoms with E-state index in [1.54, 1.807) is 48.5 Å². The number of ether oxygens (including phenoxy) is 2. The average Bonchev–Trinajstić information content (AvgIpc) is 3.63. The summed E-state index contributed by atoms with van der Waals surface area (Å²) >= 11 is 0. The van der Waals surface area contributed by atoms with Crippen LogP contribution < -0.4 is 14.4 Å². The number of benzene rings is 2. The van der Waals surface area contributed by atoms with Gasteiger partial charge in [0.05, 0.1) is 29.7 Å². The minimum Gasteiger partial charge on any atom is -0.494 e. The number of esters is 1. The molecule has 0 aromatic heterocycles. The van der Waals surface area contributed by atoms with Crippen molar-refractivity contribution in [2.45, 2.75) is 26.2 Å². The van der Waals surface area contributed by atoms with Gasteiger partial charge in [0, 0.05) is 0 Å². The first kappa shape index (κ1) is 21.1. The highest BCUT2D eigenvalue weighted by Crippen LogP contribution is 2.65. The number of imide groups is 1. The van der Waals surface area contributed by atoms with E-state index in [0.717, 1.165) is 25.0 Å². The first-order chi connectivity index (χ1) is 16.6. The quantitative estimate of drug-likeness (QED) is 0.199. The van der Waals surface area contributed by atoms with Gasteiger partial charge in [-0.25, -0.2) is 9.69 Å². The van der Waals surface area contributed by atoms with Crippen molar-refractivity contribution in [3.63, 3.8) is 0 Å². The standard InChI is InChI=1S/C28H27NO5/c1-2-3-13-33-18-7-9-19(10-8-18)34-28(32)16-5-4-6-17(14-16)29-26(30)24-20-11-12-21(23-15-22(20)23)25(24)27(29)31/h4-12,14,20-25H,2-3,13,15H2,1H3/t20-,21-,22-,23-,24-,25+/m0/s1. The van der Waals surface area contributed by atoms with Gasteiger partial charge in [0.15, 0.2) is 0 Å². The molecule has 0 spiro atoms. The molecule has 2 bridgehead atoms. The normalized spacial score (nSPS) is 30.2. The van der Waals surface area contributed by atoms with Crippen LogP contribution in [-0.2, 0) is 9.59 Å². The van der Waals surface area contributed by atoms with Gasteiger partial charge in [0.2, 0.25) is 11.8 Å². The van der Waals surface area contributed by atoms with Gasteiger partial charge in [-0.3, -0.25) is 9.59 Å². The molecule has 6 atom stereocenters. The molecule has 3 fully saturated rings. The second kappa shape index (κ2) is 8.12. The van der Waals surface area contributed by atoms with E-state index in [2.05, 4.69) is 19.1 Å². The Kier molecular flexibility index (Phi) is 5.05. The van der Waals surface area contributed by atoms with E-state index in [0.29, 0.717) is 35.4 Å². The summed E-state index contributed by atoms with van der Waals surface area (Å²) in [6.45, 7) is 2.75. The van der Waals surface area contributed by atoms with Crippen molar-refractivity contribution in [1.29, 1.82) is 0 Å². The van der Waals surface area contributed by atoms with E-state index >= 15 is 0 Å². The Labute approximate surface area is 198 Å². The van der Waals surface area contributed by atoms with Crippen LogP contribution in [0, 0.1) is 35.5 Å². The molecule has 4 aliphatic carbocycles. The lowest BCUT2D eigenvalue weighted by atomic mass is 9.63. The molecule has 2 aromatic rings. The number of amides is 2. The van der Waals surface area contributed by atoms with Crippen LogP contribution in [-0.4, -0.2) is 24.4 Å². The summed E-state index contributed by atoms with van der Waals surface area (Å²) in [7, 11) is 0. The van der Waals surface area contributed by atoms with Crippen molar-refractivity contribution in [3.05, 3.63) is 66.2 Å². The molecule has 2 amide bonds. The summed E-state index contributed by atoms with van der Waals surface area (Å²) in [4.78, 5) is 40.8. The average molecular weight is 458 g/mol. The van der Waals surface area contributed by atoms with E-state index in [4.69, 9.17) is 9.47 Å². The third-order valence-electron chi connectivity index (χ3n) is 7.80. The Morgan fingerprint density at radius 3 is 2.24 bits per heavy atom. The minimum atomic E-state index is -0.541. The lowest BCUT2D eigenvalue weighted by Crippen LogP contribution is -2.40. The molecule has 1 heterocycles. The van der Waals surface area contributed by atoms with Crippen molar-refractivity contribution < 1.29 is 23.9 Å². The number of carbonyl (C=O) groups is 3. The highest BCUT2D eigenvalue weighted by molar-refractivity contribution is 6.23. The second-order valence-electron chi connectivity index (χ2n) is 9.78. The summed E-state index contributed by atoms with van der Waals surface area (Å²) in [5, 5.41) is 0. The number of anilines is 1. The van der Waals surface area contributed by atoms with Crippen molar-refractivity contribution in [1.82, 2.24) is 0 Å². The molecule has 6 nitrogen and oxygen atoms in total. The minimum absolute atomic E-state index is 0.135. The molecule has 1 aliphatic heterocycles. The second-order valence-corrected chi connectivity index (χ2v) is 9.78. The van der Waals surface area contributed by atoms with E-state index in [1.807, 2.05) is 0 Å². The lowest BCUT2D eigenvalue weighted by Gasteiger charge is -2.37. The van der Waals surface area contributed by atoms with Crippen LogP contribution in [0.1, 0.15) is 36.5 Å². The first-order valence-electron chi connectivity index (χ1n) is 12.2. The summed E-state index contributed by atoms with van der Waals surface area (Å²) in [5.41, 5.74) is 0.729. The van der Waals surface area contributed by atoms with Gasteiger partial charge in [-0.2, -0.15) is 0 Å². The van der Waals surface area contributed by atoms with Crippen molar-refractivity contribution >= 4 is 23.5 Å². The number of hydrogen-bond acceptors (Lipinski definition) is 5. The summed E-state index contributed by atoms with van der Waals surface area (Å²) < 4.78 is 11.2. The maximum Gasteiger partial charge on any atom is 0.343 e. The van der Waals surface area contributed by atoms with E-state index in [-0.39, 0.29) is 35.5 Å². The third kappa shape index (κ3) is 3.35. The van der Waals surface area contributed by atoms with E-state index in [9.17, 15) is 14.4 Å². The maximum absolute atomic E-state index is 13.3. The van der Waals surface area contributed by atoms with Gasteiger partial charge in [-0.05, 0) is 79.0 Å². The number of rotatable bonds is 7. The van der Waals surface area contributed by atoms with E-state index < -0.39 is 5.97 Å². The predicted octanol–water partition coefficient (Wildman–Crippen LogP) is 4.64. The number of unbranched alkanes of at least 4 members (excludes halogenated alkanes) is 1. The smallest absolute Gasteiger partial charge is 0.343 e. The Hall–Kier alpha value is -3.41. The molecule has 7 rings (SSSR count). The highest BCUT2D eigenvalue weighted by atomic mass is 16.5. The Morgan fingerprint density at radius 1 is 0.941 bits per heavy atom. The third-order valence-corrected chi connectivity index (χ3v) is 7.80. The van der Waals surface area contributed by atoms with Crippen LogP contribution in [0.15, 0.2) is 60.7 Å². The van der Waals surface area contributed by atoms with Gasteiger partial charge >= 0.3 is 5.97 Å². The topological polar surface area (TPSA) is 72.9 Å². The van der Waals surface area contributed by atoms with Crippen LogP contribution in [0.25, 0.3) is 0 Å². The largest absolute Gasteiger partial charge is 0.494 e. The zero-order valence-electron chi connectivity index (χ0n) is 19.1. The maximum atomic E-state index is 13.3. The molecule has 174 valence electrons. The summed E-state index contributed by atoms with van der Waals surface area (Å²) in [5.74, 6) is 1.24. The molecule has 1 saturated heterocycles. The molecule has 34 heavy (non-hydrogen) atoms. The van der Waals surface area contributed by atoms with Gasteiger partial charge < -0.3 is 9.47 Å². The fourth-order valence-corrected chi connectivity index (χ4v) is 6.09. The monoisotopic (exact) mass is 457 g/mol. The van der Waals surface area contributed by atoms with Crippen molar-refractivity contribution in [2.75, 3.05) is 11.5 Å². The number of allylic oxidation sites excluding steroid dienone is 2. The van der Waals surface area contributed by atoms with Crippen molar-refractivity contribution in [3.8, 4) is 11.5 Å². The predicted molar refractivity (Wildman–Crippen MR) is 125 cm³/mol. The zero-order valence-corrected chi connectivity index (χ0v) is 19.1. The highest BCUT2D eigenvalue weighted by Gasteiger charge is 2.67. The summed E-state index contributed by atoms with van der Waals surface area (Å²) in [6, 6.07) is 13.5. The zero-order chi connectivity index (χ0) is 23.4. The first-order valence-corrected chi connectivity index (χ1v) is 12.2. The SMILES string of the molecule is CCCCOc1ccc(OC(=O)c2cccc(N3C(=O)[C@@H]4[C@H]5C=C[C@@H]([C@@H]6C[C@@H]56)[C@@H]4C3=O)c2)cc1. The molecule has 0 N–H and O–H groups in total. The number of nitrogens with zero attached hydrogens (tertiary/aromatic N) is 1. The molecular weight excluding hydrogens is 430 g/mol. The Bertz CT molecular complexity index is 1150. The molecule has 5 aliphatic rings. The van der Waals surface area contributed by atoms with Crippen LogP contribution in [0.2, 0.25) is 0 Å². The molecular formula is C28H27NO5. The van der Waals surface area contributed by atoms with Gasteiger partial charge in [0.25, 0.3) is 0 Å². The van der Waals surface area contributed by atoms with Crippen molar-refractivity contribution in [2.24, 2.45) is 35.5 Å². The van der Waals surface area contributed by atoms with Crippen LogP contribution >= 0.6 is 0 Å². The van der Waals surface area contributed by atoms with Gasteiger partial charge in [-0.15, -0.1) is 0 Å². The molecule has 2 aromatic carbocycles. The molecule has 2 saturated carbocycles. The fraction of sp³-hybridized carbons (Fsp3) is 0.393. The van der Waals surface area contributed by atoms with Crippen LogP contribution in [0.4, 0.5) is 5.69 Å². The number of hydrogen-bond donors (Lipinski definition) is 0. The lowest BCUT2D eigenvalue weighted by molar-refractivity contribution is -0.124. The molecule has 0 unspecified atom stereocenters. The Morgan fingerprint density at radius 2 is 1.59 bits per heavy atom. The van der Waals surface area contributed by atoms with Crippen LogP contribution in [0.3, 0.4) is 0 Å². The summed E-state index contributed by atoms with van der Waals surface area (Å²) in [6.07, 6.45) is 7.48. The van der Waals surface area contributed by atoms with E-state index in [1.165, 1.54) is 4.90 Å². The Balaban J connectivity index is 1.17. The van der Waals surface area contributed by atoms with Gasteiger partial charge in [0.1, 0.15) is 11.5 Å². The molecule has 0 radical (unpaired) electrons. The van der Waals surface area contributed by atoms with Gasteiger partial charge in [-0.1, -0.05) is 31.6 Å². The van der Waals surface area contributed by atoms with Crippen LogP contribution in [0.5, 0.6) is 11.5 Å². The fourth-order valence-electron chi connectivity index (χ4n) is 6.09. The molecule has 6 heteroatoms.